The summed E-state index contributed by atoms with van der Waals surface area (Å²) in [5, 5.41) is 4.03. The van der Waals surface area contributed by atoms with E-state index < -0.39 is 0 Å². The first kappa shape index (κ1) is 15.5. The molecule has 0 amide bonds. The van der Waals surface area contributed by atoms with E-state index in [2.05, 4.69) is 56.3 Å². The predicted molar refractivity (Wildman–Crippen MR) is 87.2 cm³/mol. The molecule has 20 heavy (non-hydrogen) atoms. The Morgan fingerprint density at radius 3 is 2.35 bits per heavy atom. The van der Waals surface area contributed by atoms with Crippen LogP contribution in [0.4, 0.5) is 0 Å². The van der Waals surface area contributed by atoms with Crippen LogP contribution in [0.2, 0.25) is 0 Å². The number of hydrogen-bond donors (Lipinski definition) is 1. The van der Waals surface area contributed by atoms with E-state index in [0.29, 0.717) is 6.04 Å². The van der Waals surface area contributed by atoms with Gasteiger partial charge < -0.3 is 5.32 Å². The molecule has 106 valence electrons. The molecule has 0 aliphatic heterocycles. The third kappa shape index (κ3) is 3.81. The lowest BCUT2D eigenvalue weighted by atomic mass is 10.1. The van der Waals surface area contributed by atoms with Crippen LogP contribution in [0, 0.1) is 13.8 Å². The first-order valence-corrected chi connectivity index (χ1v) is 8.07. The molecular formula is C15H18BrN3S. The van der Waals surface area contributed by atoms with E-state index in [9.17, 15) is 0 Å². The summed E-state index contributed by atoms with van der Waals surface area (Å²) in [6.45, 7) is 6.12. The van der Waals surface area contributed by atoms with Crippen molar-refractivity contribution < 1.29 is 0 Å². The van der Waals surface area contributed by atoms with Crippen molar-refractivity contribution in [1.29, 1.82) is 0 Å². The molecule has 0 bridgehead atoms. The molecule has 1 heterocycles. The van der Waals surface area contributed by atoms with Crippen LogP contribution in [-0.4, -0.2) is 17.0 Å². The summed E-state index contributed by atoms with van der Waals surface area (Å²) in [7, 11) is 1.96. The normalized spacial score (nSPS) is 12.4. The molecule has 0 fully saturated rings. The number of halogens is 1. The number of aryl methyl sites for hydroxylation is 2. The minimum absolute atomic E-state index is 0.336. The quantitative estimate of drug-likeness (QED) is 0.833. The summed E-state index contributed by atoms with van der Waals surface area (Å²) in [6.07, 6.45) is 0. The molecule has 1 atom stereocenters. The maximum Gasteiger partial charge on any atom is 0.192 e. The van der Waals surface area contributed by atoms with Gasteiger partial charge in [0.15, 0.2) is 5.16 Å². The van der Waals surface area contributed by atoms with Crippen LogP contribution >= 0.6 is 27.7 Å². The Kier molecular flexibility index (Phi) is 5.18. The fourth-order valence-electron chi connectivity index (χ4n) is 1.87. The average molecular weight is 352 g/mol. The molecule has 0 spiro atoms. The Balaban J connectivity index is 2.25. The van der Waals surface area contributed by atoms with Crippen molar-refractivity contribution in [2.75, 3.05) is 7.05 Å². The van der Waals surface area contributed by atoms with Crippen LogP contribution in [0.25, 0.3) is 0 Å². The number of aromatic nitrogens is 2. The Morgan fingerprint density at radius 1 is 1.15 bits per heavy atom. The van der Waals surface area contributed by atoms with E-state index in [1.165, 1.54) is 5.56 Å². The molecule has 3 nitrogen and oxygen atoms in total. The topological polar surface area (TPSA) is 37.8 Å². The van der Waals surface area contributed by atoms with Gasteiger partial charge in [-0.05, 0) is 79.3 Å². The zero-order chi connectivity index (χ0) is 14.7. The number of rotatable bonds is 4. The lowest BCUT2D eigenvalue weighted by Gasteiger charge is -2.12. The van der Waals surface area contributed by atoms with E-state index in [-0.39, 0.29) is 0 Å². The van der Waals surface area contributed by atoms with Crippen LogP contribution in [-0.2, 0) is 0 Å². The first-order chi connectivity index (χ1) is 9.49. The van der Waals surface area contributed by atoms with Crippen LogP contribution in [0.1, 0.15) is 29.9 Å². The van der Waals surface area contributed by atoms with Gasteiger partial charge in [-0.1, -0.05) is 6.07 Å². The van der Waals surface area contributed by atoms with Crippen molar-refractivity contribution in [2.24, 2.45) is 0 Å². The van der Waals surface area contributed by atoms with Crippen molar-refractivity contribution in [3.05, 3.63) is 45.7 Å². The maximum absolute atomic E-state index is 4.46. The molecule has 0 aliphatic carbocycles. The van der Waals surface area contributed by atoms with E-state index in [0.717, 1.165) is 25.9 Å². The Hall–Kier alpha value is -0.910. The summed E-state index contributed by atoms with van der Waals surface area (Å²) in [6, 6.07) is 8.71. The highest BCUT2D eigenvalue weighted by molar-refractivity contribution is 9.10. The summed E-state index contributed by atoms with van der Waals surface area (Å²) in [5.74, 6) is 0. The van der Waals surface area contributed by atoms with Gasteiger partial charge in [0.05, 0.1) is 0 Å². The van der Waals surface area contributed by atoms with Gasteiger partial charge in [-0.3, -0.25) is 0 Å². The number of hydrogen-bond acceptors (Lipinski definition) is 4. The van der Waals surface area contributed by atoms with Gasteiger partial charge in [-0.25, -0.2) is 9.97 Å². The van der Waals surface area contributed by atoms with E-state index in [1.807, 2.05) is 27.0 Å². The SMILES string of the molecule is CNC(C)c1ccc(Sc2nc(C)cc(C)n2)c(Br)c1. The molecule has 1 aromatic carbocycles. The maximum atomic E-state index is 4.46. The second-order valence-electron chi connectivity index (χ2n) is 4.74. The van der Waals surface area contributed by atoms with Crippen molar-refractivity contribution in [3.63, 3.8) is 0 Å². The largest absolute Gasteiger partial charge is 0.313 e. The molecule has 2 aromatic rings. The number of nitrogens with one attached hydrogen (secondary N) is 1. The van der Waals surface area contributed by atoms with Crippen molar-refractivity contribution in [3.8, 4) is 0 Å². The summed E-state index contributed by atoms with van der Waals surface area (Å²) < 4.78 is 1.07. The molecule has 2 rings (SSSR count). The molecule has 0 aliphatic rings. The average Bonchev–Trinajstić information content (AvgIpc) is 2.39. The molecule has 1 N–H and O–H groups in total. The fraction of sp³-hybridized carbons (Fsp3) is 0.333. The second-order valence-corrected chi connectivity index (χ2v) is 6.60. The molecule has 0 saturated carbocycles. The first-order valence-electron chi connectivity index (χ1n) is 6.46. The number of nitrogens with zero attached hydrogens (tertiary/aromatic N) is 2. The van der Waals surface area contributed by atoms with Gasteiger partial charge in [-0.2, -0.15) is 0 Å². The molecule has 5 heteroatoms. The predicted octanol–water partition coefficient (Wildman–Crippen LogP) is 4.29. The Morgan fingerprint density at radius 2 is 1.80 bits per heavy atom. The second kappa shape index (κ2) is 6.70. The highest BCUT2D eigenvalue weighted by atomic mass is 79.9. The third-order valence-corrected chi connectivity index (χ3v) is 4.91. The zero-order valence-corrected chi connectivity index (χ0v) is 14.5. The van der Waals surface area contributed by atoms with Crippen LogP contribution in [0.15, 0.2) is 38.8 Å². The summed E-state index contributed by atoms with van der Waals surface area (Å²) in [5.41, 5.74) is 3.25. The summed E-state index contributed by atoms with van der Waals surface area (Å²) >= 11 is 5.22. The van der Waals surface area contributed by atoms with Crippen LogP contribution in [0.5, 0.6) is 0 Å². The molecule has 1 unspecified atom stereocenters. The van der Waals surface area contributed by atoms with Gasteiger partial charge in [0.1, 0.15) is 0 Å². The van der Waals surface area contributed by atoms with Gasteiger partial charge in [0.25, 0.3) is 0 Å². The van der Waals surface area contributed by atoms with Gasteiger partial charge in [-0.15, -0.1) is 0 Å². The number of benzene rings is 1. The molecule has 0 saturated heterocycles. The third-order valence-electron chi connectivity index (χ3n) is 3.05. The Bertz CT molecular complexity index is 596. The van der Waals surface area contributed by atoms with Crippen molar-refractivity contribution in [1.82, 2.24) is 15.3 Å². The fourth-order valence-corrected chi connectivity index (χ4v) is 3.38. The van der Waals surface area contributed by atoms with Gasteiger partial charge in [0.2, 0.25) is 0 Å². The monoisotopic (exact) mass is 351 g/mol. The Labute approximate surface area is 132 Å². The smallest absolute Gasteiger partial charge is 0.192 e. The van der Waals surface area contributed by atoms with Crippen LogP contribution in [0.3, 0.4) is 0 Å². The molecule has 1 aromatic heterocycles. The van der Waals surface area contributed by atoms with E-state index >= 15 is 0 Å². The van der Waals surface area contributed by atoms with Crippen molar-refractivity contribution in [2.45, 2.75) is 36.9 Å². The molecule has 0 radical (unpaired) electrons. The van der Waals surface area contributed by atoms with E-state index in [1.54, 1.807) is 11.8 Å². The minimum Gasteiger partial charge on any atom is -0.313 e. The standard InChI is InChI=1S/C15H18BrN3S/c1-9-7-10(2)19-15(18-9)20-14-6-5-12(8-13(14)16)11(3)17-4/h5-8,11,17H,1-4H3. The lowest BCUT2D eigenvalue weighted by Crippen LogP contribution is -2.12. The highest BCUT2D eigenvalue weighted by Crippen LogP contribution is 2.33. The minimum atomic E-state index is 0.336. The summed E-state index contributed by atoms with van der Waals surface area (Å²) in [4.78, 5) is 10.1. The lowest BCUT2D eigenvalue weighted by molar-refractivity contribution is 0.651. The van der Waals surface area contributed by atoms with Gasteiger partial charge in [0, 0.05) is 26.8 Å². The van der Waals surface area contributed by atoms with Gasteiger partial charge >= 0.3 is 0 Å². The highest BCUT2D eigenvalue weighted by Gasteiger charge is 2.09. The zero-order valence-electron chi connectivity index (χ0n) is 12.1. The van der Waals surface area contributed by atoms with Crippen LogP contribution < -0.4 is 5.32 Å². The molecular weight excluding hydrogens is 334 g/mol. The van der Waals surface area contributed by atoms with E-state index in [4.69, 9.17) is 0 Å². The van der Waals surface area contributed by atoms with Crippen molar-refractivity contribution >= 4 is 27.7 Å².